The molecule has 0 aromatic heterocycles. The van der Waals surface area contributed by atoms with Crippen molar-refractivity contribution in [2.24, 2.45) is 17.4 Å². The summed E-state index contributed by atoms with van der Waals surface area (Å²) in [6.07, 6.45) is 11.9. The second kappa shape index (κ2) is 27.4. The highest BCUT2D eigenvalue weighted by Crippen LogP contribution is 2.32. The molecule has 6 N–H and O–H groups in total. The largest absolute Gasteiger partial charge is 0.500 e. The molecule has 0 aliphatic rings. The second-order valence-electron chi connectivity index (χ2n) is 9.09. The summed E-state index contributed by atoms with van der Waals surface area (Å²) >= 11 is 0. The Morgan fingerprint density at radius 2 is 1.08 bits per heavy atom. The van der Waals surface area contributed by atoms with Crippen molar-refractivity contribution in [2.45, 2.75) is 83.1 Å². The SMILES string of the molecule is CCCCCCCCC(CCCNCCN)C(OC)(OC)OC.CO[Si](CCCNCCN)(OC)OC. The minimum absolute atomic E-state index is 0.244. The van der Waals surface area contributed by atoms with Crippen LogP contribution in [0.4, 0.5) is 0 Å². The van der Waals surface area contributed by atoms with Gasteiger partial charge in [-0.05, 0) is 38.8 Å². The van der Waals surface area contributed by atoms with Crippen LogP contribution in [0.2, 0.25) is 6.04 Å². The Balaban J connectivity index is 0. The summed E-state index contributed by atoms with van der Waals surface area (Å²) in [6, 6.07) is 0.827. The van der Waals surface area contributed by atoms with Gasteiger partial charge in [0.15, 0.2) is 0 Å². The van der Waals surface area contributed by atoms with E-state index in [1.54, 1.807) is 42.7 Å². The second-order valence-corrected chi connectivity index (χ2v) is 12.2. The van der Waals surface area contributed by atoms with E-state index in [-0.39, 0.29) is 5.92 Å². The molecule has 0 bridgehead atoms. The molecule has 0 spiro atoms. The standard InChI is InChI=1S/C18H40N2O3.C8H22N2O3Si/c1-5-6-7-8-9-10-12-17(13-11-15-20-16-14-19)18(21-2,22-3)23-4;1-11-14(12-2,13-3)8-4-6-10-7-5-9/h17,20H,5-16,19H2,1-4H3;10H,4-9H2,1-3H3. The van der Waals surface area contributed by atoms with Gasteiger partial charge in [-0.25, -0.2) is 0 Å². The zero-order chi connectivity index (χ0) is 28.3. The van der Waals surface area contributed by atoms with E-state index in [1.165, 1.54) is 38.5 Å². The molecule has 0 aliphatic carbocycles. The minimum atomic E-state index is -2.35. The van der Waals surface area contributed by atoms with E-state index in [1.807, 2.05) is 0 Å². The van der Waals surface area contributed by atoms with Gasteiger partial charge in [-0.2, -0.15) is 0 Å². The number of unbranched alkanes of at least 4 members (excludes halogenated alkanes) is 5. The summed E-state index contributed by atoms with van der Waals surface area (Å²) < 4.78 is 32.6. The zero-order valence-corrected chi connectivity index (χ0v) is 26.2. The molecule has 0 aliphatic heterocycles. The topological polar surface area (TPSA) is 131 Å². The highest BCUT2D eigenvalue weighted by molar-refractivity contribution is 6.60. The van der Waals surface area contributed by atoms with E-state index in [2.05, 4.69) is 17.6 Å². The van der Waals surface area contributed by atoms with Crippen molar-refractivity contribution in [2.75, 3.05) is 81.9 Å². The van der Waals surface area contributed by atoms with Crippen LogP contribution in [0.3, 0.4) is 0 Å². The molecular formula is C26H62N4O6Si. The third-order valence-electron chi connectivity index (χ3n) is 6.58. The minimum Gasteiger partial charge on any atom is -0.377 e. The van der Waals surface area contributed by atoms with Gasteiger partial charge in [0.1, 0.15) is 0 Å². The fourth-order valence-corrected chi connectivity index (χ4v) is 6.05. The van der Waals surface area contributed by atoms with Crippen LogP contribution in [0.5, 0.6) is 0 Å². The van der Waals surface area contributed by atoms with Crippen molar-refractivity contribution in [3.63, 3.8) is 0 Å². The average Bonchev–Trinajstić information content (AvgIpc) is 2.94. The van der Waals surface area contributed by atoms with Crippen molar-refractivity contribution in [3.05, 3.63) is 0 Å². The molecule has 0 aromatic carbocycles. The molecule has 10 nitrogen and oxygen atoms in total. The molecule has 1 unspecified atom stereocenters. The Hall–Kier alpha value is -0.183. The first-order valence-electron chi connectivity index (χ1n) is 14.1. The summed E-state index contributed by atoms with van der Waals surface area (Å²) in [5.41, 5.74) is 10.8. The number of ether oxygens (including phenoxy) is 3. The molecule has 11 heteroatoms. The number of rotatable bonds is 26. The summed E-state index contributed by atoms with van der Waals surface area (Å²) in [5, 5.41) is 6.55. The molecule has 0 aromatic rings. The summed E-state index contributed by atoms with van der Waals surface area (Å²) in [7, 11) is 7.53. The van der Waals surface area contributed by atoms with Gasteiger partial charge in [0.2, 0.25) is 0 Å². The highest BCUT2D eigenvalue weighted by Gasteiger charge is 2.39. The van der Waals surface area contributed by atoms with E-state index in [4.69, 9.17) is 39.0 Å². The molecule has 226 valence electrons. The Morgan fingerprint density at radius 1 is 0.622 bits per heavy atom. The maximum Gasteiger partial charge on any atom is 0.500 e. The smallest absolute Gasteiger partial charge is 0.377 e. The van der Waals surface area contributed by atoms with Gasteiger partial charge in [-0.3, -0.25) is 0 Å². The predicted molar refractivity (Wildman–Crippen MR) is 155 cm³/mol. The summed E-state index contributed by atoms with van der Waals surface area (Å²) in [4.78, 5) is 0. The molecule has 0 fully saturated rings. The van der Waals surface area contributed by atoms with Crippen LogP contribution in [-0.4, -0.2) is 96.7 Å². The van der Waals surface area contributed by atoms with Crippen molar-refractivity contribution < 1.29 is 27.5 Å². The monoisotopic (exact) mass is 554 g/mol. The zero-order valence-electron chi connectivity index (χ0n) is 25.2. The molecule has 0 saturated heterocycles. The molecule has 0 rings (SSSR count). The lowest BCUT2D eigenvalue weighted by Gasteiger charge is -2.36. The molecule has 1 atom stereocenters. The van der Waals surface area contributed by atoms with Crippen LogP contribution in [0, 0.1) is 5.92 Å². The van der Waals surface area contributed by atoms with E-state index in [0.29, 0.717) is 13.1 Å². The van der Waals surface area contributed by atoms with Crippen LogP contribution in [0.25, 0.3) is 0 Å². The van der Waals surface area contributed by atoms with Crippen molar-refractivity contribution in [3.8, 4) is 0 Å². The van der Waals surface area contributed by atoms with Crippen LogP contribution in [0.15, 0.2) is 0 Å². The van der Waals surface area contributed by atoms with Crippen LogP contribution in [0.1, 0.15) is 71.1 Å². The van der Waals surface area contributed by atoms with Gasteiger partial charge in [0, 0.05) is 80.8 Å². The molecular weight excluding hydrogens is 492 g/mol. The summed E-state index contributed by atoms with van der Waals surface area (Å²) in [5.74, 6) is -0.676. The molecule has 0 amide bonds. The van der Waals surface area contributed by atoms with Crippen molar-refractivity contribution in [1.82, 2.24) is 10.6 Å². The third kappa shape index (κ3) is 18.7. The van der Waals surface area contributed by atoms with Gasteiger partial charge in [0.25, 0.3) is 5.97 Å². The molecule has 0 radical (unpaired) electrons. The lowest BCUT2D eigenvalue weighted by Crippen LogP contribution is -2.44. The van der Waals surface area contributed by atoms with Crippen molar-refractivity contribution in [1.29, 1.82) is 0 Å². The first-order valence-corrected chi connectivity index (χ1v) is 16.0. The summed E-state index contributed by atoms with van der Waals surface area (Å²) in [6.45, 7) is 7.20. The lowest BCUT2D eigenvalue weighted by molar-refractivity contribution is -0.380. The third-order valence-corrected chi connectivity index (χ3v) is 9.41. The normalized spacial score (nSPS) is 12.9. The van der Waals surface area contributed by atoms with Gasteiger partial charge < -0.3 is 49.6 Å². The lowest BCUT2D eigenvalue weighted by atomic mass is 9.93. The number of nitrogens with one attached hydrogen (secondary N) is 2. The van der Waals surface area contributed by atoms with E-state index < -0.39 is 14.8 Å². The van der Waals surface area contributed by atoms with Crippen LogP contribution in [-0.2, 0) is 27.5 Å². The Labute approximate surface area is 229 Å². The fourth-order valence-electron chi connectivity index (χ4n) is 4.33. The van der Waals surface area contributed by atoms with E-state index >= 15 is 0 Å². The number of hydrogen-bond acceptors (Lipinski definition) is 10. The first kappa shape index (κ1) is 39.0. The van der Waals surface area contributed by atoms with E-state index in [9.17, 15) is 0 Å². The number of hydrogen-bond donors (Lipinski definition) is 4. The average molecular weight is 555 g/mol. The van der Waals surface area contributed by atoms with Gasteiger partial charge >= 0.3 is 8.80 Å². The first-order chi connectivity index (χ1) is 17.9. The van der Waals surface area contributed by atoms with E-state index in [0.717, 1.165) is 57.9 Å². The maximum absolute atomic E-state index is 5.59. The van der Waals surface area contributed by atoms with Crippen molar-refractivity contribution >= 4 is 8.80 Å². The van der Waals surface area contributed by atoms with Crippen LogP contribution >= 0.6 is 0 Å². The number of nitrogens with two attached hydrogens (primary N) is 2. The molecule has 0 heterocycles. The molecule has 0 saturated carbocycles. The fraction of sp³-hybridized carbons (Fsp3) is 1.00. The Bertz CT molecular complexity index is 444. The van der Waals surface area contributed by atoms with Gasteiger partial charge in [-0.15, -0.1) is 0 Å². The maximum atomic E-state index is 5.59. The predicted octanol–water partition coefficient (Wildman–Crippen LogP) is 3.08. The Morgan fingerprint density at radius 3 is 1.54 bits per heavy atom. The Kier molecular flexibility index (Phi) is 28.8. The van der Waals surface area contributed by atoms with Crippen LogP contribution < -0.4 is 22.1 Å². The number of methoxy groups -OCH3 is 3. The molecule has 37 heavy (non-hydrogen) atoms. The van der Waals surface area contributed by atoms with Gasteiger partial charge in [-0.1, -0.05) is 45.4 Å². The highest BCUT2D eigenvalue weighted by atomic mass is 28.4. The quantitative estimate of drug-likeness (QED) is 0.0718. The van der Waals surface area contributed by atoms with Gasteiger partial charge in [0.05, 0.1) is 0 Å².